The number of nitrogens with one attached hydrogen (secondary N) is 1. The van der Waals surface area contributed by atoms with Gasteiger partial charge in [0.05, 0.1) is 17.8 Å². The van der Waals surface area contributed by atoms with Crippen LogP contribution in [0.15, 0.2) is 40.8 Å². The monoisotopic (exact) mass is 353 g/mol. The van der Waals surface area contributed by atoms with E-state index in [0.29, 0.717) is 23.2 Å². The molecular formula is C20H23N3O3. The molecule has 0 spiro atoms. The molecule has 2 amide bonds. The van der Waals surface area contributed by atoms with Gasteiger partial charge in [0.1, 0.15) is 11.5 Å². The Labute approximate surface area is 152 Å². The van der Waals surface area contributed by atoms with Gasteiger partial charge in [-0.05, 0) is 36.6 Å². The van der Waals surface area contributed by atoms with Gasteiger partial charge >= 0.3 is 0 Å². The quantitative estimate of drug-likeness (QED) is 0.918. The highest BCUT2D eigenvalue weighted by Gasteiger charge is 2.41. The van der Waals surface area contributed by atoms with Crippen LogP contribution in [0.3, 0.4) is 0 Å². The van der Waals surface area contributed by atoms with Gasteiger partial charge in [0.15, 0.2) is 6.17 Å². The second-order valence-corrected chi connectivity index (χ2v) is 7.17. The van der Waals surface area contributed by atoms with Gasteiger partial charge in [-0.1, -0.05) is 19.1 Å². The number of anilines is 1. The minimum Gasteiger partial charge on any atom is -0.462 e. The summed E-state index contributed by atoms with van der Waals surface area (Å²) in [5, 5.41) is 2.67. The molecule has 1 saturated carbocycles. The van der Waals surface area contributed by atoms with E-state index < -0.39 is 6.17 Å². The number of likely N-dealkylation sites (N-methyl/N-ethyl adjacent to an activating group) is 1. The van der Waals surface area contributed by atoms with E-state index in [2.05, 4.69) is 12.2 Å². The van der Waals surface area contributed by atoms with Gasteiger partial charge < -0.3 is 19.5 Å². The molecule has 1 aliphatic carbocycles. The molecule has 0 saturated heterocycles. The zero-order valence-corrected chi connectivity index (χ0v) is 15.2. The van der Waals surface area contributed by atoms with Crippen LogP contribution in [0.2, 0.25) is 0 Å². The van der Waals surface area contributed by atoms with Crippen LogP contribution in [-0.4, -0.2) is 37.4 Å². The van der Waals surface area contributed by atoms with E-state index in [1.165, 1.54) is 0 Å². The van der Waals surface area contributed by atoms with Crippen LogP contribution in [0.1, 0.15) is 47.3 Å². The molecule has 136 valence electrons. The van der Waals surface area contributed by atoms with Crippen molar-refractivity contribution in [1.82, 2.24) is 10.2 Å². The first-order valence-electron chi connectivity index (χ1n) is 8.94. The molecule has 2 aromatic rings. The summed E-state index contributed by atoms with van der Waals surface area (Å²) in [6, 6.07) is 11.3. The zero-order chi connectivity index (χ0) is 18.4. The van der Waals surface area contributed by atoms with Crippen molar-refractivity contribution in [3.8, 4) is 0 Å². The Hall–Kier alpha value is -2.76. The van der Waals surface area contributed by atoms with Crippen molar-refractivity contribution in [2.24, 2.45) is 5.92 Å². The third kappa shape index (κ3) is 2.66. The van der Waals surface area contributed by atoms with E-state index in [1.54, 1.807) is 25.1 Å². The topological polar surface area (TPSA) is 65.8 Å². The fraction of sp³-hybridized carbons (Fsp3) is 0.400. The summed E-state index contributed by atoms with van der Waals surface area (Å²) in [7, 11) is 3.36. The Morgan fingerprint density at radius 2 is 1.92 bits per heavy atom. The maximum absolute atomic E-state index is 12.9. The summed E-state index contributed by atoms with van der Waals surface area (Å²) < 4.78 is 6.13. The largest absolute Gasteiger partial charge is 0.462 e. The van der Waals surface area contributed by atoms with Gasteiger partial charge in [0.2, 0.25) is 5.91 Å². The lowest BCUT2D eigenvalue weighted by Gasteiger charge is -2.42. The van der Waals surface area contributed by atoms with E-state index >= 15 is 0 Å². The van der Waals surface area contributed by atoms with Crippen molar-refractivity contribution < 1.29 is 14.0 Å². The van der Waals surface area contributed by atoms with Crippen LogP contribution < -0.4 is 10.2 Å². The molecule has 2 heterocycles. The highest BCUT2D eigenvalue weighted by Crippen LogP contribution is 2.48. The number of rotatable bonds is 4. The van der Waals surface area contributed by atoms with Gasteiger partial charge in [-0.25, -0.2) is 0 Å². The van der Waals surface area contributed by atoms with Crippen LogP contribution >= 0.6 is 0 Å². The third-order valence-corrected chi connectivity index (χ3v) is 5.40. The highest BCUT2D eigenvalue weighted by atomic mass is 16.3. The molecule has 4 rings (SSSR count). The van der Waals surface area contributed by atoms with Crippen LogP contribution in [0, 0.1) is 5.92 Å². The Kier molecular flexibility index (Phi) is 3.98. The van der Waals surface area contributed by atoms with Crippen molar-refractivity contribution in [3.05, 3.63) is 53.5 Å². The Balaban J connectivity index is 1.76. The highest BCUT2D eigenvalue weighted by molar-refractivity contribution is 6.02. The molecule has 0 radical (unpaired) electrons. The van der Waals surface area contributed by atoms with Gasteiger partial charge in [-0.3, -0.25) is 9.59 Å². The van der Waals surface area contributed by atoms with Crippen molar-refractivity contribution in [1.29, 1.82) is 0 Å². The summed E-state index contributed by atoms with van der Waals surface area (Å²) in [6.45, 7) is 2.35. The SMILES string of the molecule is CNC(=O)CN1c2ccccc2C(=O)N(C)[C@@H]1c1ccc([C@H]2C[C@@H]2C)o1. The van der Waals surface area contributed by atoms with E-state index in [9.17, 15) is 9.59 Å². The van der Waals surface area contributed by atoms with Crippen molar-refractivity contribution in [3.63, 3.8) is 0 Å². The van der Waals surface area contributed by atoms with E-state index in [1.807, 2.05) is 35.2 Å². The molecule has 26 heavy (non-hydrogen) atoms. The van der Waals surface area contributed by atoms with Crippen molar-refractivity contribution in [2.75, 3.05) is 25.5 Å². The van der Waals surface area contributed by atoms with Gasteiger partial charge in [0.25, 0.3) is 5.91 Å². The number of fused-ring (bicyclic) bond motifs is 1. The van der Waals surface area contributed by atoms with Gasteiger partial charge in [-0.2, -0.15) is 0 Å². The maximum atomic E-state index is 12.9. The van der Waals surface area contributed by atoms with Crippen LogP contribution in [0.25, 0.3) is 0 Å². The molecule has 2 aliphatic rings. The van der Waals surface area contributed by atoms with Gasteiger partial charge in [0, 0.05) is 20.0 Å². The number of furan rings is 1. The summed E-state index contributed by atoms with van der Waals surface area (Å²) in [5.74, 6) is 2.57. The average molecular weight is 353 g/mol. The summed E-state index contributed by atoms with van der Waals surface area (Å²) >= 11 is 0. The van der Waals surface area contributed by atoms with Crippen molar-refractivity contribution >= 4 is 17.5 Å². The summed E-state index contributed by atoms with van der Waals surface area (Å²) in [5.41, 5.74) is 1.35. The molecule has 1 aliphatic heterocycles. The standard InChI is InChI=1S/C20H23N3O3/c1-12-10-14(12)16-8-9-17(26-16)19-22(3)20(25)13-6-4-5-7-15(13)23(19)11-18(24)21-2/h4-9,12,14,19H,10-11H2,1-3H3,(H,21,24)/t12-,14-,19-/m0/s1. The lowest BCUT2D eigenvalue weighted by molar-refractivity contribution is -0.119. The molecule has 0 bridgehead atoms. The molecule has 1 aromatic heterocycles. The zero-order valence-electron chi connectivity index (χ0n) is 15.2. The molecule has 6 heteroatoms. The van der Waals surface area contributed by atoms with Crippen molar-refractivity contribution in [2.45, 2.75) is 25.4 Å². The number of hydrogen-bond donors (Lipinski definition) is 1. The third-order valence-electron chi connectivity index (χ3n) is 5.40. The number of carbonyl (C=O) groups excluding carboxylic acids is 2. The van der Waals surface area contributed by atoms with E-state index in [0.717, 1.165) is 17.9 Å². The lowest BCUT2D eigenvalue weighted by Crippen LogP contribution is -2.50. The number of carbonyl (C=O) groups is 2. The molecule has 1 fully saturated rings. The second-order valence-electron chi connectivity index (χ2n) is 7.17. The Morgan fingerprint density at radius 1 is 1.23 bits per heavy atom. The number of amides is 2. The fourth-order valence-corrected chi connectivity index (χ4v) is 3.72. The predicted octanol–water partition coefficient (Wildman–Crippen LogP) is 2.74. The van der Waals surface area contributed by atoms with Gasteiger partial charge in [-0.15, -0.1) is 0 Å². The fourth-order valence-electron chi connectivity index (χ4n) is 3.72. The normalized spacial score (nSPS) is 24.4. The Bertz CT molecular complexity index is 859. The predicted molar refractivity (Wildman–Crippen MR) is 97.9 cm³/mol. The minimum absolute atomic E-state index is 0.0727. The summed E-state index contributed by atoms with van der Waals surface area (Å²) in [4.78, 5) is 28.6. The van der Waals surface area contributed by atoms with Crippen LogP contribution in [-0.2, 0) is 4.79 Å². The molecular weight excluding hydrogens is 330 g/mol. The minimum atomic E-state index is -0.447. The molecule has 6 nitrogen and oxygen atoms in total. The number of nitrogens with zero attached hydrogens (tertiary/aromatic N) is 2. The molecule has 0 unspecified atom stereocenters. The summed E-state index contributed by atoms with van der Waals surface area (Å²) in [6.07, 6.45) is 0.689. The lowest BCUT2D eigenvalue weighted by atomic mass is 10.0. The smallest absolute Gasteiger partial charge is 0.257 e. The first kappa shape index (κ1) is 16.7. The van der Waals surface area contributed by atoms with Crippen LogP contribution in [0.5, 0.6) is 0 Å². The molecule has 3 atom stereocenters. The first-order chi connectivity index (χ1) is 12.5. The Morgan fingerprint density at radius 3 is 2.62 bits per heavy atom. The average Bonchev–Trinajstić information content (AvgIpc) is 3.18. The number of hydrogen-bond acceptors (Lipinski definition) is 4. The molecule has 1 aromatic carbocycles. The molecule has 1 N–H and O–H groups in total. The maximum Gasteiger partial charge on any atom is 0.257 e. The van der Waals surface area contributed by atoms with E-state index in [4.69, 9.17) is 4.42 Å². The van der Waals surface area contributed by atoms with Crippen LogP contribution in [0.4, 0.5) is 5.69 Å². The van der Waals surface area contributed by atoms with E-state index in [-0.39, 0.29) is 18.4 Å². The number of para-hydroxylation sites is 1. The second kappa shape index (κ2) is 6.20. The number of benzene rings is 1. The first-order valence-corrected chi connectivity index (χ1v) is 8.94.